The third kappa shape index (κ3) is 6.12. The number of hydrogen-bond donors (Lipinski definition) is 1. The van der Waals surface area contributed by atoms with Crippen LogP contribution in [0.2, 0.25) is 0 Å². The SMILES string of the molecule is COc1nc2c(cc1CN(C)C(=O)C1(N(C)C)CC1)CCCN2C(=O)Nc1cc(CCCSC)c(C#N)cn1. The van der Waals surface area contributed by atoms with E-state index >= 15 is 0 Å². The molecule has 0 spiro atoms. The summed E-state index contributed by atoms with van der Waals surface area (Å²) in [6.07, 6.45) is 8.54. The van der Waals surface area contributed by atoms with Gasteiger partial charge in [0, 0.05) is 25.4 Å². The van der Waals surface area contributed by atoms with Crippen LogP contribution in [0.4, 0.5) is 16.4 Å². The highest BCUT2D eigenvalue weighted by Crippen LogP contribution is 2.42. The highest BCUT2D eigenvalue weighted by atomic mass is 32.2. The number of fused-ring (bicyclic) bond motifs is 1. The maximum atomic E-state index is 13.4. The maximum absolute atomic E-state index is 13.4. The molecule has 1 N–H and O–H groups in total. The molecule has 1 fully saturated rings. The van der Waals surface area contributed by atoms with Crippen molar-refractivity contribution in [3.05, 3.63) is 40.6 Å². The lowest BCUT2D eigenvalue weighted by Crippen LogP contribution is -2.46. The first-order chi connectivity index (χ1) is 18.7. The van der Waals surface area contributed by atoms with Crippen molar-refractivity contribution >= 4 is 35.3 Å². The van der Waals surface area contributed by atoms with Crippen LogP contribution in [0.15, 0.2) is 18.3 Å². The molecule has 0 saturated heterocycles. The molecule has 1 saturated carbocycles. The minimum absolute atomic E-state index is 0.0935. The third-order valence-corrected chi connectivity index (χ3v) is 8.21. The lowest BCUT2D eigenvalue weighted by molar-refractivity contribution is -0.136. The van der Waals surface area contributed by atoms with Gasteiger partial charge in [0.2, 0.25) is 11.8 Å². The number of urea groups is 1. The number of rotatable bonds is 10. The minimum atomic E-state index is -0.410. The highest BCUT2D eigenvalue weighted by Gasteiger charge is 2.53. The van der Waals surface area contributed by atoms with Crippen LogP contribution < -0.4 is 15.0 Å². The fourth-order valence-electron chi connectivity index (χ4n) is 5.13. The van der Waals surface area contributed by atoms with E-state index in [2.05, 4.69) is 22.6 Å². The van der Waals surface area contributed by atoms with Crippen molar-refractivity contribution in [3.63, 3.8) is 0 Å². The number of anilines is 2. The second-order valence-electron chi connectivity index (χ2n) is 10.3. The van der Waals surface area contributed by atoms with E-state index in [0.29, 0.717) is 36.2 Å². The van der Waals surface area contributed by atoms with Gasteiger partial charge in [0.1, 0.15) is 23.2 Å². The number of thioether (sulfide) groups is 1. The van der Waals surface area contributed by atoms with Crippen molar-refractivity contribution in [1.29, 1.82) is 5.26 Å². The zero-order chi connectivity index (χ0) is 28.2. The fourth-order valence-corrected chi connectivity index (χ4v) is 5.56. The summed E-state index contributed by atoms with van der Waals surface area (Å²) >= 11 is 1.76. The molecular formula is C28H37N7O3S. The van der Waals surface area contributed by atoms with E-state index < -0.39 is 5.54 Å². The van der Waals surface area contributed by atoms with Crippen molar-refractivity contribution < 1.29 is 14.3 Å². The van der Waals surface area contributed by atoms with Gasteiger partial charge in [-0.05, 0) is 87.9 Å². The van der Waals surface area contributed by atoms with Crippen molar-refractivity contribution in [2.45, 2.75) is 50.6 Å². The predicted octanol–water partition coefficient (Wildman–Crippen LogP) is 3.69. The predicted molar refractivity (Wildman–Crippen MR) is 153 cm³/mol. The van der Waals surface area contributed by atoms with Crippen LogP contribution in [0.3, 0.4) is 0 Å². The summed E-state index contributed by atoms with van der Waals surface area (Å²) in [4.78, 5) is 40.9. The summed E-state index contributed by atoms with van der Waals surface area (Å²) in [6.45, 7) is 0.882. The number of methoxy groups -OCH3 is 1. The Morgan fingerprint density at radius 3 is 2.67 bits per heavy atom. The molecule has 1 aliphatic carbocycles. The molecular weight excluding hydrogens is 514 g/mol. The molecule has 208 valence electrons. The van der Waals surface area contributed by atoms with Crippen LogP contribution in [-0.4, -0.2) is 84.1 Å². The Labute approximate surface area is 234 Å². The Hall–Kier alpha value is -3.36. The number of nitrogens with one attached hydrogen (secondary N) is 1. The van der Waals surface area contributed by atoms with Crippen LogP contribution in [0, 0.1) is 11.3 Å². The smallest absolute Gasteiger partial charge is 0.328 e. The van der Waals surface area contributed by atoms with Crippen LogP contribution in [0.1, 0.15) is 47.9 Å². The van der Waals surface area contributed by atoms with Gasteiger partial charge in [-0.1, -0.05) is 0 Å². The van der Waals surface area contributed by atoms with Crippen molar-refractivity contribution in [2.75, 3.05) is 57.0 Å². The van der Waals surface area contributed by atoms with E-state index in [9.17, 15) is 14.9 Å². The molecule has 1 aliphatic heterocycles. The van der Waals surface area contributed by atoms with Gasteiger partial charge in [-0.2, -0.15) is 22.0 Å². The molecule has 2 aromatic heterocycles. The van der Waals surface area contributed by atoms with E-state index in [1.165, 1.54) is 6.20 Å². The van der Waals surface area contributed by atoms with Gasteiger partial charge < -0.3 is 9.64 Å². The van der Waals surface area contributed by atoms with Gasteiger partial charge in [0.25, 0.3) is 0 Å². The van der Waals surface area contributed by atoms with Crippen LogP contribution in [-0.2, 0) is 24.2 Å². The standard InChI is InChI=1S/C28H37N7O3S/c1-33(2)28(10-11-28)26(36)34(3)18-21-14-20-8-6-12-35(24(20)32-25(21)38-4)27(37)31-23-15-19(9-7-13-39-5)22(16-29)17-30-23/h14-15,17H,6-13,18H2,1-5H3,(H,30,31,37). The highest BCUT2D eigenvalue weighted by molar-refractivity contribution is 7.98. The van der Waals surface area contributed by atoms with E-state index in [4.69, 9.17) is 9.72 Å². The molecule has 0 unspecified atom stereocenters. The third-order valence-electron chi connectivity index (χ3n) is 7.51. The Morgan fingerprint density at radius 2 is 2.03 bits per heavy atom. The van der Waals surface area contributed by atoms with Crippen molar-refractivity contribution in [3.8, 4) is 11.9 Å². The number of nitrogens with zero attached hydrogens (tertiary/aromatic N) is 6. The number of ether oxygens (including phenoxy) is 1. The zero-order valence-corrected chi connectivity index (χ0v) is 24.2. The maximum Gasteiger partial charge on any atom is 0.328 e. The molecule has 3 amide bonds. The first kappa shape index (κ1) is 28.6. The fraction of sp³-hybridized carbons (Fsp3) is 0.536. The van der Waals surface area contributed by atoms with E-state index in [0.717, 1.165) is 61.0 Å². The Morgan fingerprint density at radius 1 is 1.26 bits per heavy atom. The summed E-state index contributed by atoms with van der Waals surface area (Å²) in [6, 6.07) is 5.64. The van der Waals surface area contributed by atoms with E-state index in [1.54, 1.807) is 34.7 Å². The van der Waals surface area contributed by atoms with Gasteiger partial charge in [-0.15, -0.1) is 0 Å². The molecule has 3 heterocycles. The zero-order valence-electron chi connectivity index (χ0n) is 23.4. The topological polar surface area (TPSA) is 115 Å². The largest absolute Gasteiger partial charge is 0.481 e. The number of likely N-dealkylation sites (N-methyl/N-ethyl adjacent to an activating group) is 2. The summed E-state index contributed by atoms with van der Waals surface area (Å²) in [5, 5.41) is 12.3. The Balaban J connectivity index is 1.52. The molecule has 11 heteroatoms. The molecule has 2 aliphatic rings. The van der Waals surface area contributed by atoms with Gasteiger partial charge in [0.05, 0.1) is 19.2 Å². The van der Waals surface area contributed by atoms with Crippen LogP contribution >= 0.6 is 11.8 Å². The molecule has 0 aromatic carbocycles. The second kappa shape index (κ2) is 12.2. The quantitative estimate of drug-likeness (QED) is 0.445. The molecule has 4 rings (SSSR count). The molecule has 0 radical (unpaired) electrons. The Bertz CT molecular complexity index is 1270. The molecule has 10 nitrogen and oxygen atoms in total. The van der Waals surface area contributed by atoms with Crippen molar-refractivity contribution in [1.82, 2.24) is 19.8 Å². The van der Waals surface area contributed by atoms with Crippen LogP contribution in [0.5, 0.6) is 5.88 Å². The monoisotopic (exact) mass is 551 g/mol. The average molecular weight is 552 g/mol. The second-order valence-corrected chi connectivity index (χ2v) is 11.3. The first-order valence-corrected chi connectivity index (χ1v) is 14.6. The lowest BCUT2D eigenvalue weighted by Gasteiger charge is -2.31. The van der Waals surface area contributed by atoms with Crippen LogP contribution in [0.25, 0.3) is 0 Å². The number of carbonyl (C=O) groups is 2. The molecule has 2 aromatic rings. The number of pyridine rings is 2. The number of hydrogen-bond acceptors (Lipinski definition) is 8. The summed E-state index contributed by atoms with van der Waals surface area (Å²) < 4.78 is 5.61. The van der Waals surface area contributed by atoms with Gasteiger partial charge in [-0.3, -0.25) is 19.9 Å². The summed E-state index contributed by atoms with van der Waals surface area (Å²) in [5.74, 6) is 2.44. The minimum Gasteiger partial charge on any atom is -0.481 e. The molecule has 0 bridgehead atoms. The normalized spacial score (nSPS) is 15.4. The number of aromatic nitrogens is 2. The van der Waals surface area contributed by atoms with Gasteiger partial charge in [0.15, 0.2) is 0 Å². The number of carbonyl (C=O) groups excluding carboxylic acids is 2. The number of amides is 3. The summed E-state index contributed by atoms with van der Waals surface area (Å²) in [7, 11) is 7.25. The van der Waals surface area contributed by atoms with Gasteiger partial charge in [-0.25, -0.2) is 9.78 Å². The van der Waals surface area contributed by atoms with E-state index in [1.807, 2.05) is 32.1 Å². The van der Waals surface area contributed by atoms with Gasteiger partial charge >= 0.3 is 6.03 Å². The summed E-state index contributed by atoms with van der Waals surface area (Å²) in [5.41, 5.74) is 2.74. The number of nitriles is 1. The van der Waals surface area contributed by atoms with E-state index in [-0.39, 0.29) is 11.9 Å². The van der Waals surface area contributed by atoms with Crippen molar-refractivity contribution in [2.24, 2.45) is 0 Å². The molecule has 0 atom stereocenters. The molecule has 39 heavy (non-hydrogen) atoms. The first-order valence-electron chi connectivity index (χ1n) is 13.2. The lowest BCUT2D eigenvalue weighted by atomic mass is 10.0. The number of aryl methyl sites for hydroxylation is 2. The average Bonchev–Trinajstić information content (AvgIpc) is 3.74. The Kier molecular flexibility index (Phi) is 8.97.